The largest absolute Gasteiger partial charge is 0.469 e. The molecule has 68 valence electrons. The second-order valence-electron chi connectivity index (χ2n) is 3.74. The van der Waals surface area contributed by atoms with Gasteiger partial charge in [0.1, 0.15) is 0 Å². The number of carbonyl (C=O) groups excluding carboxylic acids is 1. The summed E-state index contributed by atoms with van der Waals surface area (Å²) in [5, 5.41) is 3.21. The monoisotopic (exact) mass is 170 g/mol. The number of hydrogen-bond acceptors (Lipinski definition) is 4. The maximum absolute atomic E-state index is 10.9. The summed E-state index contributed by atoms with van der Waals surface area (Å²) in [4.78, 5) is 10.9. The van der Waals surface area contributed by atoms with Crippen LogP contribution in [0, 0.1) is 11.8 Å². The molecule has 2 rings (SSSR count). The van der Waals surface area contributed by atoms with Crippen LogP contribution in [0.25, 0.3) is 0 Å². The maximum Gasteiger partial charge on any atom is 0.305 e. The van der Waals surface area contributed by atoms with Crippen molar-refractivity contribution in [1.82, 2.24) is 5.32 Å². The van der Waals surface area contributed by atoms with Crippen molar-refractivity contribution in [3.05, 3.63) is 0 Å². The standard InChI is InChI=1S/C8H14N2O2/c1-12-7(11)2-5-6-3-10-4-8(5,6)9/h5-6,10H,2-4,9H2,1H3. The van der Waals surface area contributed by atoms with Gasteiger partial charge in [-0.25, -0.2) is 0 Å². The van der Waals surface area contributed by atoms with E-state index >= 15 is 0 Å². The van der Waals surface area contributed by atoms with Crippen LogP contribution in [0.3, 0.4) is 0 Å². The predicted octanol–water partition coefficient (Wildman–Crippen LogP) is -0.904. The van der Waals surface area contributed by atoms with Gasteiger partial charge in [0.05, 0.1) is 13.5 Å². The number of methoxy groups -OCH3 is 1. The molecule has 0 aromatic carbocycles. The number of nitrogens with two attached hydrogens (primary N) is 1. The van der Waals surface area contributed by atoms with E-state index in [0.717, 1.165) is 13.1 Å². The minimum Gasteiger partial charge on any atom is -0.469 e. The molecule has 0 aromatic rings. The molecular weight excluding hydrogens is 156 g/mol. The molecule has 4 heteroatoms. The first-order valence-electron chi connectivity index (χ1n) is 4.25. The topological polar surface area (TPSA) is 64.3 Å². The van der Waals surface area contributed by atoms with Crippen LogP contribution in [-0.4, -0.2) is 31.7 Å². The van der Waals surface area contributed by atoms with Crippen molar-refractivity contribution in [2.24, 2.45) is 17.6 Å². The van der Waals surface area contributed by atoms with Crippen LogP contribution >= 0.6 is 0 Å². The highest BCUT2D eigenvalue weighted by Crippen LogP contribution is 2.52. The van der Waals surface area contributed by atoms with Crippen LogP contribution in [0.5, 0.6) is 0 Å². The summed E-state index contributed by atoms with van der Waals surface area (Å²) in [7, 11) is 1.42. The van der Waals surface area contributed by atoms with Crippen molar-refractivity contribution in [1.29, 1.82) is 0 Å². The van der Waals surface area contributed by atoms with Crippen LogP contribution in [0.4, 0.5) is 0 Å². The Kier molecular flexibility index (Phi) is 1.63. The molecule has 1 aliphatic heterocycles. The van der Waals surface area contributed by atoms with Crippen molar-refractivity contribution in [2.45, 2.75) is 12.0 Å². The fourth-order valence-electron chi connectivity index (χ4n) is 2.26. The minimum absolute atomic E-state index is 0.103. The van der Waals surface area contributed by atoms with Crippen LogP contribution in [0.1, 0.15) is 6.42 Å². The molecule has 0 radical (unpaired) electrons. The van der Waals surface area contributed by atoms with Gasteiger partial charge in [-0.15, -0.1) is 0 Å². The van der Waals surface area contributed by atoms with Gasteiger partial charge in [-0.05, 0) is 11.8 Å². The first-order valence-corrected chi connectivity index (χ1v) is 4.25. The zero-order valence-electron chi connectivity index (χ0n) is 7.17. The molecule has 2 fully saturated rings. The van der Waals surface area contributed by atoms with Gasteiger partial charge in [-0.1, -0.05) is 0 Å². The molecule has 0 aromatic heterocycles. The number of piperidine rings is 1. The van der Waals surface area contributed by atoms with Gasteiger partial charge in [-0.2, -0.15) is 0 Å². The Hall–Kier alpha value is -0.610. The number of hydrogen-bond donors (Lipinski definition) is 2. The SMILES string of the molecule is COC(=O)CC1C2CNCC21N. The van der Waals surface area contributed by atoms with Gasteiger partial charge in [-0.3, -0.25) is 4.79 Å². The van der Waals surface area contributed by atoms with E-state index in [9.17, 15) is 4.79 Å². The van der Waals surface area contributed by atoms with Crippen molar-refractivity contribution >= 4 is 5.97 Å². The van der Waals surface area contributed by atoms with Crippen LogP contribution in [0.15, 0.2) is 0 Å². The Labute approximate surface area is 71.4 Å². The molecule has 0 amide bonds. The van der Waals surface area contributed by atoms with Crippen molar-refractivity contribution in [2.75, 3.05) is 20.2 Å². The number of nitrogens with one attached hydrogen (secondary N) is 1. The highest BCUT2D eigenvalue weighted by Gasteiger charge is 2.64. The molecule has 1 saturated heterocycles. The number of fused-ring (bicyclic) bond motifs is 1. The molecular formula is C8H14N2O2. The summed E-state index contributed by atoms with van der Waals surface area (Å²) in [6, 6.07) is 0. The van der Waals surface area contributed by atoms with Crippen molar-refractivity contribution in [3.8, 4) is 0 Å². The van der Waals surface area contributed by atoms with Gasteiger partial charge < -0.3 is 15.8 Å². The highest BCUT2D eigenvalue weighted by atomic mass is 16.5. The molecule has 4 nitrogen and oxygen atoms in total. The van der Waals surface area contributed by atoms with Crippen LogP contribution < -0.4 is 11.1 Å². The van der Waals surface area contributed by atoms with Gasteiger partial charge in [0, 0.05) is 18.6 Å². The first-order chi connectivity index (χ1) is 5.68. The molecule has 2 aliphatic rings. The van der Waals surface area contributed by atoms with Gasteiger partial charge in [0.15, 0.2) is 0 Å². The number of carbonyl (C=O) groups is 1. The molecule has 0 spiro atoms. The van der Waals surface area contributed by atoms with Gasteiger partial charge in [0.25, 0.3) is 0 Å². The smallest absolute Gasteiger partial charge is 0.305 e. The molecule has 1 aliphatic carbocycles. The van der Waals surface area contributed by atoms with Crippen molar-refractivity contribution in [3.63, 3.8) is 0 Å². The van der Waals surface area contributed by atoms with E-state index in [-0.39, 0.29) is 11.5 Å². The average Bonchev–Trinajstić information content (AvgIpc) is 2.46. The third-order valence-corrected chi connectivity index (χ3v) is 3.17. The van der Waals surface area contributed by atoms with E-state index in [1.54, 1.807) is 0 Å². The summed E-state index contributed by atoms with van der Waals surface area (Å²) >= 11 is 0. The van der Waals surface area contributed by atoms with Crippen LogP contribution in [0.2, 0.25) is 0 Å². The number of esters is 1. The molecule has 0 bridgehead atoms. The van der Waals surface area contributed by atoms with E-state index in [1.165, 1.54) is 7.11 Å². The van der Waals surface area contributed by atoms with Crippen molar-refractivity contribution < 1.29 is 9.53 Å². The fourth-order valence-corrected chi connectivity index (χ4v) is 2.26. The fraction of sp³-hybridized carbons (Fsp3) is 0.875. The summed E-state index contributed by atoms with van der Waals surface area (Å²) in [6.07, 6.45) is 0.485. The number of ether oxygens (including phenoxy) is 1. The summed E-state index contributed by atoms with van der Waals surface area (Å²) in [6.45, 7) is 1.80. The predicted molar refractivity (Wildman–Crippen MR) is 43.4 cm³/mol. The van der Waals surface area contributed by atoms with E-state index < -0.39 is 0 Å². The maximum atomic E-state index is 10.9. The third-order valence-electron chi connectivity index (χ3n) is 3.17. The summed E-state index contributed by atoms with van der Waals surface area (Å²) < 4.78 is 4.60. The second-order valence-corrected chi connectivity index (χ2v) is 3.74. The minimum atomic E-state index is -0.140. The van der Waals surface area contributed by atoms with Crippen LogP contribution in [-0.2, 0) is 9.53 Å². The van der Waals surface area contributed by atoms with E-state index in [0.29, 0.717) is 18.3 Å². The molecule has 1 saturated carbocycles. The second kappa shape index (κ2) is 2.44. The first kappa shape index (κ1) is 8.01. The van der Waals surface area contributed by atoms with Gasteiger partial charge in [0.2, 0.25) is 0 Å². The molecule has 3 N–H and O–H groups in total. The zero-order valence-corrected chi connectivity index (χ0v) is 7.17. The molecule has 12 heavy (non-hydrogen) atoms. The zero-order chi connectivity index (χ0) is 8.77. The van der Waals surface area contributed by atoms with E-state index in [1.807, 2.05) is 0 Å². The lowest BCUT2D eigenvalue weighted by Gasteiger charge is -2.07. The Bertz CT molecular complexity index is 219. The summed E-state index contributed by atoms with van der Waals surface area (Å²) in [5.41, 5.74) is 5.93. The van der Waals surface area contributed by atoms with E-state index in [2.05, 4.69) is 10.1 Å². The number of rotatable bonds is 2. The van der Waals surface area contributed by atoms with Gasteiger partial charge >= 0.3 is 5.97 Å². The Morgan fingerprint density at radius 3 is 3.08 bits per heavy atom. The quantitative estimate of drug-likeness (QED) is 0.527. The Balaban J connectivity index is 1.90. The molecule has 3 atom stereocenters. The lowest BCUT2D eigenvalue weighted by molar-refractivity contribution is -0.141. The lowest BCUT2D eigenvalue weighted by atomic mass is 10.1. The highest BCUT2D eigenvalue weighted by molar-refractivity contribution is 5.70. The summed E-state index contributed by atoms with van der Waals surface area (Å²) in [5.74, 6) is 0.710. The lowest BCUT2D eigenvalue weighted by Crippen LogP contribution is -2.34. The Morgan fingerprint density at radius 1 is 1.83 bits per heavy atom. The normalized spacial score (nSPS) is 43.8. The third kappa shape index (κ3) is 0.949. The molecule has 3 unspecified atom stereocenters. The van der Waals surface area contributed by atoms with E-state index in [4.69, 9.17) is 5.73 Å². The molecule has 1 heterocycles. The average molecular weight is 170 g/mol. The Morgan fingerprint density at radius 2 is 2.58 bits per heavy atom.